The summed E-state index contributed by atoms with van der Waals surface area (Å²) in [6, 6.07) is 0. The molecule has 0 radical (unpaired) electrons. The summed E-state index contributed by atoms with van der Waals surface area (Å²) in [6.07, 6.45) is 9.73. The zero-order valence-electron chi connectivity index (χ0n) is 5.72. The van der Waals surface area contributed by atoms with Crippen LogP contribution in [0, 0.1) is 0 Å². The molecule has 0 bridgehead atoms. The number of fused-ring (bicyclic) bond motifs is 1. The number of hydrogen-bond acceptors (Lipinski definition) is 2. The number of allylic oxidation sites excluding steroid dienone is 3. The van der Waals surface area contributed by atoms with E-state index in [0.29, 0.717) is 0 Å². The highest BCUT2D eigenvalue weighted by Crippen LogP contribution is 2.15. The van der Waals surface area contributed by atoms with Gasteiger partial charge in [-0.2, -0.15) is 0 Å². The van der Waals surface area contributed by atoms with Crippen LogP contribution in [-0.2, 0) is 0 Å². The van der Waals surface area contributed by atoms with E-state index >= 15 is 0 Å². The van der Waals surface area contributed by atoms with Crippen molar-refractivity contribution < 1.29 is 0 Å². The van der Waals surface area contributed by atoms with Gasteiger partial charge in [-0.1, -0.05) is 24.3 Å². The van der Waals surface area contributed by atoms with Gasteiger partial charge in [0.25, 0.3) is 0 Å². The van der Waals surface area contributed by atoms with Gasteiger partial charge in [0.1, 0.15) is 0 Å². The topological polar surface area (TPSA) is 24.1 Å². The molecule has 10 heavy (non-hydrogen) atoms. The van der Waals surface area contributed by atoms with Gasteiger partial charge in [-0.25, -0.2) is 5.43 Å². The van der Waals surface area contributed by atoms with Crippen molar-refractivity contribution in [1.82, 2.24) is 10.9 Å². The van der Waals surface area contributed by atoms with Crippen molar-refractivity contribution in [2.45, 2.75) is 6.42 Å². The maximum Gasteiger partial charge on any atom is 0.0520 e. The summed E-state index contributed by atoms with van der Waals surface area (Å²) in [5.74, 6) is 0. The van der Waals surface area contributed by atoms with E-state index in [9.17, 15) is 0 Å². The van der Waals surface area contributed by atoms with Crippen LogP contribution in [0.2, 0.25) is 0 Å². The zero-order valence-corrected chi connectivity index (χ0v) is 5.72. The van der Waals surface area contributed by atoms with Crippen molar-refractivity contribution in [1.29, 1.82) is 0 Å². The highest BCUT2D eigenvalue weighted by molar-refractivity contribution is 5.43. The van der Waals surface area contributed by atoms with Gasteiger partial charge in [0.05, 0.1) is 5.70 Å². The van der Waals surface area contributed by atoms with Crippen molar-refractivity contribution >= 4 is 0 Å². The first-order chi connectivity index (χ1) is 4.97. The molecule has 2 N–H and O–H groups in total. The molecule has 0 saturated carbocycles. The minimum Gasteiger partial charge on any atom is -0.321 e. The summed E-state index contributed by atoms with van der Waals surface area (Å²) < 4.78 is 0. The molecule has 0 saturated heterocycles. The zero-order chi connectivity index (χ0) is 6.81. The molecule has 0 aromatic carbocycles. The number of hydrogen-bond donors (Lipinski definition) is 2. The van der Waals surface area contributed by atoms with Crippen molar-refractivity contribution in [3.63, 3.8) is 0 Å². The normalized spacial score (nSPS) is 22.4. The lowest BCUT2D eigenvalue weighted by Crippen LogP contribution is -2.35. The summed E-state index contributed by atoms with van der Waals surface area (Å²) >= 11 is 0. The molecule has 0 spiro atoms. The second-order valence-electron chi connectivity index (χ2n) is 2.42. The summed E-state index contributed by atoms with van der Waals surface area (Å²) in [5, 5.41) is 0. The lowest BCUT2D eigenvalue weighted by Gasteiger charge is -2.19. The summed E-state index contributed by atoms with van der Waals surface area (Å²) in [4.78, 5) is 0. The van der Waals surface area contributed by atoms with Gasteiger partial charge in [-0.15, -0.1) is 0 Å². The predicted octanol–water partition coefficient (Wildman–Crippen LogP) is 0.864. The third kappa shape index (κ3) is 0.866. The first kappa shape index (κ1) is 5.74. The van der Waals surface area contributed by atoms with Crippen molar-refractivity contribution in [3.05, 3.63) is 35.6 Å². The van der Waals surface area contributed by atoms with E-state index in [1.54, 1.807) is 0 Å². The minimum atomic E-state index is 0.914. The Morgan fingerprint density at radius 2 is 2.30 bits per heavy atom. The predicted molar refractivity (Wildman–Crippen MR) is 41.1 cm³/mol. The van der Waals surface area contributed by atoms with E-state index in [2.05, 4.69) is 35.2 Å². The average Bonchev–Trinajstić information content (AvgIpc) is 2.05. The molecule has 1 heterocycles. The Labute approximate surface area is 60.3 Å². The minimum absolute atomic E-state index is 0.914. The fourth-order valence-corrected chi connectivity index (χ4v) is 1.20. The Morgan fingerprint density at radius 1 is 1.30 bits per heavy atom. The van der Waals surface area contributed by atoms with Crippen LogP contribution in [0.5, 0.6) is 0 Å². The second-order valence-corrected chi connectivity index (χ2v) is 2.42. The van der Waals surface area contributed by atoms with Gasteiger partial charge in [0.15, 0.2) is 0 Å². The molecule has 1 aliphatic carbocycles. The molecule has 2 rings (SSSR count). The molecular weight excluding hydrogens is 124 g/mol. The molecule has 0 fully saturated rings. The SMILES string of the molecule is C1=CC2=CCNNC2=CC1. The summed E-state index contributed by atoms with van der Waals surface area (Å²) in [5.41, 5.74) is 8.69. The van der Waals surface area contributed by atoms with Crippen molar-refractivity contribution in [3.8, 4) is 0 Å². The fraction of sp³-hybridized carbons (Fsp3) is 0.250. The van der Waals surface area contributed by atoms with Crippen LogP contribution in [0.3, 0.4) is 0 Å². The van der Waals surface area contributed by atoms with Crippen LogP contribution in [0.1, 0.15) is 6.42 Å². The van der Waals surface area contributed by atoms with Gasteiger partial charge < -0.3 is 5.43 Å². The van der Waals surface area contributed by atoms with Crippen LogP contribution in [0.15, 0.2) is 35.6 Å². The first-order valence-corrected chi connectivity index (χ1v) is 3.53. The monoisotopic (exact) mass is 134 g/mol. The maximum atomic E-state index is 3.11. The first-order valence-electron chi connectivity index (χ1n) is 3.53. The maximum absolute atomic E-state index is 3.11. The highest BCUT2D eigenvalue weighted by atomic mass is 15.4. The Kier molecular flexibility index (Phi) is 1.32. The Bertz CT molecular complexity index is 223. The van der Waals surface area contributed by atoms with Crippen molar-refractivity contribution in [2.75, 3.05) is 6.54 Å². The molecule has 2 nitrogen and oxygen atoms in total. The van der Waals surface area contributed by atoms with Crippen LogP contribution in [0.25, 0.3) is 0 Å². The third-order valence-electron chi connectivity index (χ3n) is 1.71. The largest absolute Gasteiger partial charge is 0.321 e. The van der Waals surface area contributed by atoms with Gasteiger partial charge in [-0.05, 0) is 12.0 Å². The molecule has 2 heteroatoms. The Balaban J connectivity index is 2.32. The molecule has 0 aromatic heterocycles. The lowest BCUT2D eigenvalue weighted by atomic mass is 10.1. The Morgan fingerprint density at radius 3 is 3.20 bits per heavy atom. The molecule has 52 valence electrons. The summed E-state index contributed by atoms with van der Waals surface area (Å²) in [7, 11) is 0. The number of hydrazine groups is 1. The highest BCUT2D eigenvalue weighted by Gasteiger charge is 2.06. The molecule has 0 amide bonds. The molecule has 0 unspecified atom stereocenters. The second kappa shape index (κ2) is 2.31. The van der Waals surface area contributed by atoms with E-state index in [1.807, 2.05) is 0 Å². The van der Waals surface area contributed by atoms with Crippen molar-refractivity contribution in [2.24, 2.45) is 0 Å². The van der Waals surface area contributed by atoms with Gasteiger partial charge in [0, 0.05) is 6.54 Å². The van der Waals surface area contributed by atoms with Gasteiger partial charge in [-0.3, -0.25) is 0 Å². The fourth-order valence-electron chi connectivity index (χ4n) is 1.20. The average molecular weight is 134 g/mol. The van der Waals surface area contributed by atoms with Crippen LogP contribution >= 0.6 is 0 Å². The van der Waals surface area contributed by atoms with Crippen LogP contribution in [-0.4, -0.2) is 6.54 Å². The van der Waals surface area contributed by atoms with E-state index in [1.165, 1.54) is 11.3 Å². The Hall–Kier alpha value is -1.02. The molecule has 0 atom stereocenters. The third-order valence-corrected chi connectivity index (χ3v) is 1.71. The van der Waals surface area contributed by atoms with E-state index in [4.69, 9.17) is 0 Å². The number of nitrogens with one attached hydrogen (secondary N) is 2. The molecular formula is C8H10N2. The molecule has 0 aromatic rings. The van der Waals surface area contributed by atoms with E-state index in [0.717, 1.165) is 13.0 Å². The smallest absolute Gasteiger partial charge is 0.0520 e. The molecule has 2 aliphatic rings. The van der Waals surface area contributed by atoms with E-state index < -0.39 is 0 Å². The standard InChI is InChI=1S/C8H10N2/c1-2-4-8-7(3-1)5-6-9-10-8/h1,3-5,9-10H,2,6H2. The van der Waals surface area contributed by atoms with E-state index in [-0.39, 0.29) is 0 Å². The van der Waals surface area contributed by atoms with Gasteiger partial charge >= 0.3 is 0 Å². The number of rotatable bonds is 0. The summed E-state index contributed by atoms with van der Waals surface area (Å²) in [6.45, 7) is 0.914. The quantitative estimate of drug-likeness (QED) is 0.513. The van der Waals surface area contributed by atoms with Crippen LogP contribution in [0.4, 0.5) is 0 Å². The van der Waals surface area contributed by atoms with Crippen LogP contribution < -0.4 is 10.9 Å². The lowest BCUT2D eigenvalue weighted by molar-refractivity contribution is 0.631. The molecule has 1 aliphatic heterocycles. The van der Waals surface area contributed by atoms with Gasteiger partial charge in [0.2, 0.25) is 0 Å².